The molecule has 0 amide bonds. The monoisotopic (exact) mass is 266 g/mol. The maximum Gasteiger partial charge on any atom is 0.134 e. The third-order valence-corrected chi connectivity index (χ3v) is 3.04. The molecular formula is C12H8Cl2N2O. The first kappa shape index (κ1) is 12.0. The van der Waals surface area contributed by atoms with E-state index in [0.717, 1.165) is 5.39 Å². The van der Waals surface area contributed by atoms with Crippen molar-refractivity contribution in [2.75, 3.05) is 7.11 Å². The molecule has 2 aromatic rings. The summed E-state index contributed by atoms with van der Waals surface area (Å²) >= 11 is 12.0. The highest BCUT2D eigenvalue weighted by Crippen LogP contribution is 2.32. The Kier molecular flexibility index (Phi) is 3.37. The van der Waals surface area contributed by atoms with Crippen LogP contribution < -0.4 is 4.74 Å². The lowest BCUT2D eigenvalue weighted by Crippen LogP contribution is -1.92. The fourth-order valence-electron chi connectivity index (χ4n) is 1.61. The second-order valence-corrected chi connectivity index (χ2v) is 4.18. The van der Waals surface area contributed by atoms with Crippen molar-refractivity contribution in [1.29, 1.82) is 5.26 Å². The standard InChI is InChI=1S/C12H8Cl2N2O/c1-17-10-3-2-9(13)11-8(10)6-7(4-5-15)12(14)16-11/h2-3,6H,4H2,1H3. The quantitative estimate of drug-likeness (QED) is 0.780. The Bertz CT molecular complexity index is 620. The zero-order valence-electron chi connectivity index (χ0n) is 9.00. The topological polar surface area (TPSA) is 45.9 Å². The molecule has 0 saturated heterocycles. The van der Waals surface area contributed by atoms with Crippen LogP contribution in [0.15, 0.2) is 18.2 Å². The third-order valence-electron chi connectivity index (χ3n) is 2.41. The van der Waals surface area contributed by atoms with E-state index in [9.17, 15) is 0 Å². The van der Waals surface area contributed by atoms with Gasteiger partial charge < -0.3 is 4.74 Å². The van der Waals surface area contributed by atoms with Gasteiger partial charge in [-0.15, -0.1) is 0 Å². The molecule has 86 valence electrons. The number of rotatable bonds is 2. The number of halogens is 2. The Morgan fingerprint density at radius 2 is 2.18 bits per heavy atom. The first-order valence-electron chi connectivity index (χ1n) is 4.86. The van der Waals surface area contributed by atoms with Crippen LogP contribution in [0.25, 0.3) is 10.9 Å². The Balaban J connectivity index is 2.78. The molecule has 1 aromatic heterocycles. The molecule has 0 aliphatic heterocycles. The van der Waals surface area contributed by atoms with Gasteiger partial charge >= 0.3 is 0 Å². The molecule has 2 rings (SSSR count). The number of methoxy groups -OCH3 is 1. The second kappa shape index (κ2) is 4.79. The summed E-state index contributed by atoms with van der Waals surface area (Å²) in [6, 6.07) is 7.30. The van der Waals surface area contributed by atoms with Crippen LogP contribution >= 0.6 is 23.2 Å². The number of pyridine rings is 1. The van der Waals surface area contributed by atoms with Gasteiger partial charge in [0.1, 0.15) is 10.9 Å². The number of aromatic nitrogens is 1. The highest BCUT2D eigenvalue weighted by Gasteiger charge is 2.11. The largest absolute Gasteiger partial charge is 0.496 e. The fraction of sp³-hybridized carbons (Fsp3) is 0.167. The molecule has 0 atom stereocenters. The summed E-state index contributed by atoms with van der Waals surface area (Å²) in [4.78, 5) is 4.20. The Morgan fingerprint density at radius 3 is 2.82 bits per heavy atom. The zero-order chi connectivity index (χ0) is 12.4. The van der Waals surface area contributed by atoms with Gasteiger partial charge in [-0.05, 0) is 18.2 Å². The van der Waals surface area contributed by atoms with E-state index >= 15 is 0 Å². The zero-order valence-corrected chi connectivity index (χ0v) is 10.5. The lowest BCUT2D eigenvalue weighted by Gasteiger charge is -2.08. The molecule has 0 N–H and O–H groups in total. The molecule has 0 bridgehead atoms. The molecular weight excluding hydrogens is 259 g/mol. The molecule has 0 fully saturated rings. The Morgan fingerprint density at radius 1 is 1.41 bits per heavy atom. The average molecular weight is 267 g/mol. The van der Waals surface area contributed by atoms with Crippen LogP contribution in [-0.2, 0) is 6.42 Å². The van der Waals surface area contributed by atoms with Gasteiger partial charge in [0.25, 0.3) is 0 Å². The Hall–Kier alpha value is -1.50. The van der Waals surface area contributed by atoms with E-state index in [1.807, 2.05) is 6.07 Å². The number of fused-ring (bicyclic) bond motifs is 1. The van der Waals surface area contributed by atoms with Crippen molar-refractivity contribution < 1.29 is 4.74 Å². The van der Waals surface area contributed by atoms with E-state index in [1.54, 1.807) is 25.3 Å². The van der Waals surface area contributed by atoms with Crippen molar-refractivity contribution in [3.8, 4) is 11.8 Å². The van der Waals surface area contributed by atoms with Gasteiger partial charge in [-0.1, -0.05) is 23.2 Å². The van der Waals surface area contributed by atoms with E-state index in [1.165, 1.54) is 0 Å². The van der Waals surface area contributed by atoms with E-state index in [-0.39, 0.29) is 6.42 Å². The number of nitriles is 1. The van der Waals surface area contributed by atoms with Crippen molar-refractivity contribution in [3.63, 3.8) is 0 Å². The second-order valence-electron chi connectivity index (χ2n) is 3.42. The summed E-state index contributed by atoms with van der Waals surface area (Å²) in [7, 11) is 1.57. The summed E-state index contributed by atoms with van der Waals surface area (Å²) < 4.78 is 5.23. The van der Waals surface area contributed by atoms with Crippen LogP contribution in [0, 0.1) is 11.3 Å². The minimum Gasteiger partial charge on any atom is -0.496 e. The van der Waals surface area contributed by atoms with Gasteiger partial charge in [-0.25, -0.2) is 4.98 Å². The summed E-state index contributed by atoms with van der Waals surface area (Å²) in [5, 5.41) is 10.3. The van der Waals surface area contributed by atoms with E-state index in [2.05, 4.69) is 4.98 Å². The molecule has 3 nitrogen and oxygen atoms in total. The van der Waals surface area contributed by atoms with Gasteiger partial charge in [0.2, 0.25) is 0 Å². The lowest BCUT2D eigenvalue weighted by molar-refractivity contribution is 0.419. The molecule has 5 heteroatoms. The normalized spacial score (nSPS) is 10.2. The molecule has 0 radical (unpaired) electrons. The minimum absolute atomic E-state index is 0.206. The van der Waals surface area contributed by atoms with Crippen molar-refractivity contribution in [2.45, 2.75) is 6.42 Å². The molecule has 1 heterocycles. The predicted octanol–water partition coefficient (Wildman–Crippen LogP) is 3.62. The van der Waals surface area contributed by atoms with Gasteiger partial charge in [0.05, 0.1) is 30.1 Å². The van der Waals surface area contributed by atoms with Crippen molar-refractivity contribution >= 4 is 34.1 Å². The van der Waals surface area contributed by atoms with Crippen molar-refractivity contribution in [1.82, 2.24) is 4.98 Å². The lowest BCUT2D eigenvalue weighted by atomic mass is 10.1. The van der Waals surface area contributed by atoms with Gasteiger partial charge in [0, 0.05) is 10.9 Å². The smallest absolute Gasteiger partial charge is 0.134 e. The fourth-order valence-corrected chi connectivity index (χ4v) is 2.02. The maximum absolute atomic E-state index is 8.70. The van der Waals surface area contributed by atoms with E-state index < -0.39 is 0 Å². The number of nitrogens with zero attached hydrogens (tertiary/aromatic N) is 2. The molecule has 0 aliphatic carbocycles. The molecule has 0 saturated carbocycles. The summed E-state index contributed by atoms with van der Waals surface area (Å²) in [5.41, 5.74) is 1.25. The highest BCUT2D eigenvalue weighted by molar-refractivity contribution is 6.36. The number of benzene rings is 1. The van der Waals surface area contributed by atoms with Crippen LogP contribution in [0.1, 0.15) is 5.56 Å². The predicted molar refractivity (Wildman–Crippen MR) is 67.6 cm³/mol. The molecule has 1 aromatic carbocycles. The molecule has 0 aliphatic rings. The van der Waals surface area contributed by atoms with Crippen molar-refractivity contribution in [2.24, 2.45) is 0 Å². The number of hydrogen-bond donors (Lipinski definition) is 0. The third kappa shape index (κ3) is 2.14. The maximum atomic E-state index is 8.70. The van der Waals surface area contributed by atoms with Crippen LogP contribution in [0.5, 0.6) is 5.75 Å². The molecule has 0 spiro atoms. The summed E-state index contributed by atoms with van der Waals surface area (Å²) in [6.07, 6.45) is 0.206. The molecule has 0 unspecified atom stereocenters. The van der Waals surface area contributed by atoms with Crippen LogP contribution in [0.3, 0.4) is 0 Å². The molecule has 17 heavy (non-hydrogen) atoms. The van der Waals surface area contributed by atoms with Crippen LogP contribution in [0.4, 0.5) is 0 Å². The SMILES string of the molecule is COc1ccc(Cl)c2nc(Cl)c(CC#N)cc12. The van der Waals surface area contributed by atoms with Gasteiger partial charge in [-0.3, -0.25) is 0 Å². The first-order chi connectivity index (χ1) is 8.17. The van der Waals surface area contributed by atoms with Gasteiger partial charge in [0.15, 0.2) is 0 Å². The van der Waals surface area contributed by atoms with E-state index in [0.29, 0.717) is 27.0 Å². The number of hydrogen-bond acceptors (Lipinski definition) is 3. The van der Waals surface area contributed by atoms with Crippen LogP contribution in [-0.4, -0.2) is 12.1 Å². The highest BCUT2D eigenvalue weighted by atomic mass is 35.5. The van der Waals surface area contributed by atoms with Crippen LogP contribution in [0.2, 0.25) is 10.2 Å². The minimum atomic E-state index is 0.206. The Labute approximate surface area is 109 Å². The summed E-state index contributed by atoms with van der Waals surface area (Å²) in [5.74, 6) is 0.660. The summed E-state index contributed by atoms with van der Waals surface area (Å²) in [6.45, 7) is 0. The van der Waals surface area contributed by atoms with E-state index in [4.69, 9.17) is 33.2 Å². The number of ether oxygens (including phenoxy) is 1. The average Bonchev–Trinajstić information content (AvgIpc) is 2.32. The van der Waals surface area contributed by atoms with Gasteiger partial charge in [-0.2, -0.15) is 5.26 Å². The first-order valence-corrected chi connectivity index (χ1v) is 5.61. The van der Waals surface area contributed by atoms with Crippen molar-refractivity contribution in [3.05, 3.63) is 33.9 Å².